The van der Waals surface area contributed by atoms with Crippen LogP contribution in [0.2, 0.25) is 0 Å². The summed E-state index contributed by atoms with van der Waals surface area (Å²) in [6.07, 6.45) is 3.36. The average molecular weight is 409 g/mol. The Morgan fingerprint density at radius 3 is 2.83 bits per heavy atom. The Kier molecular flexibility index (Phi) is 5.29. The zero-order valence-electron chi connectivity index (χ0n) is 17.6. The summed E-state index contributed by atoms with van der Waals surface area (Å²) in [6.45, 7) is 6.95. The minimum absolute atomic E-state index is 0.0453. The monoisotopic (exact) mass is 408 g/mol. The lowest BCUT2D eigenvalue weighted by Gasteiger charge is -2.30. The van der Waals surface area contributed by atoms with Gasteiger partial charge in [-0.15, -0.1) is 0 Å². The minimum atomic E-state index is -1.16. The van der Waals surface area contributed by atoms with E-state index in [0.717, 1.165) is 36.9 Å². The number of hydrogen-bond donors (Lipinski definition) is 2. The second kappa shape index (κ2) is 7.77. The number of hydrogen-bond acceptors (Lipinski definition) is 5. The van der Waals surface area contributed by atoms with Crippen LogP contribution in [0.15, 0.2) is 23.0 Å². The Hall–Kier alpha value is -2.85. The predicted octanol–water partition coefficient (Wildman–Crippen LogP) is 3.06. The molecule has 7 heteroatoms. The van der Waals surface area contributed by atoms with E-state index in [1.54, 1.807) is 6.07 Å². The lowest BCUT2D eigenvalue weighted by atomic mass is 9.90. The van der Waals surface area contributed by atoms with Gasteiger partial charge in [-0.2, -0.15) is 5.26 Å². The minimum Gasteiger partial charge on any atom is -0.477 e. The van der Waals surface area contributed by atoms with Gasteiger partial charge in [0.2, 0.25) is 5.43 Å². The van der Waals surface area contributed by atoms with Crippen LogP contribution < -0.4 is 15.6 Å². The molecule has 2 aliphatic rings. The van der Waals surface area contributed by atoms with Gasteiger partial charge in [0.15, 0.2) is 0 Å². The van der Waals surface area contributed by atoms with Crippen LogP contribution in [0.5, 0.6) is 0 Å². The number of aromatic carboxylic acids is 1. The van der Waals surface area contributed by atoms with Crippen molar-refractivity contribution in [3.8, 4) is 6.07 Å². The van der Waals surface area contributed by atoms with Crippen molar-refractivity contribution in [3.05, 3.63) is 39.5 Å². The van der Waals surface area contributed by atoms with Gasteiger partial charge in [0, 0.05) is 44.0 Å². The highest BCUT2D eigenvalue weighted by Crippen LogP contribution is 2.44. The molecule has 1 aliphatic carbocycles. The van der Waals surface area contributed by atoms with E-state index in [2.05, 4.69) is 27.8 Å². The second-order valence-electron chi connectivity index (χ2n) is 8.97. The number of carboxylic acid groups (broad SMARTS) is 1. The van der Waals surface area contributed by atoms with Gasteiger partial charge in [-0.25, -0.2) is 4.79 Å². The summed E-state index contributed by atoms with van der Waals surface area (Å²) in [5, 5.41) is 22.6. The molecule has 7 nitrogen and oxygen atoms in total. The molecule has 1 aliphatic heterocycles. The molecule has 2 N–H and O–H groups in total. The number of benzene rings is 1. The first-order valence-electron chi connectivity index (χ1n) is 10.6. The summed E-state index contributed by atoms with van der Waals surface area (Å²) < 4.78 is 2.13. The number of nitriles is 1. The molecule has 1 aromatic carbocycles. The Morgan fingerprint density at radius 1 is 1.40 bits per heavy atom. The SMILES string of the molecule is Cc1cccc2c(=O)c(C(=O)O)c(N3CCC(C)(CNCCC#N)C3)n(C3CC3)c12. The average Bonchev–Trinajstić information content (AvgIpc) is 3.47. The molecule has 1 atom stereocenters. The van der Waals surface area contributed by atoms with Crippen molar-refractivity contribution in [2.75, 3.05) is 31.1 Å². The molecule has 1 saturated carbocycles. The molecular weight excluding hydrogens is 380 g/mol. The predicted molar refractivity (Wildman–Crippen MR) is 116 cm³/mol. The maximum absolute atomic E-state index is 13.2. The van der Waals surface area contributed by atoms with Gasteiger partial charge in [0.05, 0.1) is 11.6 Å². The summed E-state index contributed by atoms with van der Waals surface area (Å²) in [4.78, 5) is 27.6. The topological polar surface area (TPSA) is 98.4 Å². The molecule has 2 fully saturated rings. The molecule has 0 bridgehead atoms. The molecule has 0 radical (unpaired) electrons. The third-order valence-electron chi connectivity index (χ3n) is 6.35. The molecule has 2 aromatic rings. The van der Waals surface area contributed by atoms with E-state index in [9.17, 15) is 14.7 Å². The van der Waals surface area contributed by atoms with Crippen molar-refractivity contribution >= 4 is 22.7 Å². The van der Waals surface area contributed by atoms with Crippen molar-refractivity contribution < 1.29 is 9.90 Å². The zero-order valence-corrected chi connectivity index (χ0v) is 17.6. The fraction of sp³-hybridized carbons (Fsp3) is 0.522. The lowest BCUT2D eigenvalue weighted by molar-refractivity contribution is 0.0695. The van der Waals surface area contributed by atoms with E-state index in [0.29, 0.717) is 37.3 Å². The number of nitrogens with zero attached hydrogens (tertiary/aromatic N) is 3. The van der Waals surface area contributed by atoms with E-state index < -0.39 is 11.4 Å². The Balaban J connectivity index is 1.81. The number of aryl methyl sites for hydroxylation is 1. The van der Waals surface area contributed by atoms with Crippen molar-refractivity contribution in [1.82, 2.24) is 9.88 Å². The fourth-order valence-corrected chi connectivity index (χ4v) is 4.70. The van der Waals surface area contributed by atoms with Gasteiger partial charge < -0.3 is 19.9 Å². The maximum Gasteiger partial charge on any atom is 0.343 e. The quantitative estimate of drug-likeness (QED) is 0.683. The van der Waals surface area contributed by atoms with Gasteiger partial charge in [0.25, 0.3) is 0 Å². The molecule has 4 rings (SSSR count). The van der Waals surface area contributed by atoms with E-state index in [-0.39, 0.29) is 17.0 Å². The number of carbonyl (C=O) groups is 1. The molecule has 1 saturated heterocycles. The number of pyridine rings is 1. The van der Waals surface area contributed by atoms with Crippen LogP contribution in [0.3, 0.4) is 0 Å². The summed E-state index contributed by atoms with van der Waals surface area (Å²) in [5.41, 5.74) is 1.31. The summed E-state index contributed by atoms with van der Waals surface area (Å²) in [6, 6.07) is 7.93. The maximum atomic E-state index is 13.2. The van der Waals surface area contributed by atoms with Crippen LogP contribution >= 0.6 is 0 Å². The smallest absolute Gasteiger partial charge is 0.343 e. The highest BCUT2D eigenvalue weighted by molar-refractivity contribution is 5.99. The van der Waals surface area contributed by atoms with Gasteiger partial charge in [-0.05, 0) is 43.2 Å². The summed E-state index contributed by atoms with van der Waals surface area (Å²) in [5.74, 6) is -0.592. The van der Waals surface area contributed by atoms with Crippen LogP contribution in [0.4, 0.5) is 5.82 Å². The largest absolute Gasteiger partial charge is 0.477 e. The first-order valence-corrected chi connectivity index (χ1v) is 10.6. The first-order chi connectivity index (χ1) is 14.4. The Morgan fingerprint density at radius 2 is 2.17 bits per heavy atom. The number of nitrogens with one attached hydrogen (secondary N) is 1. The number of aromatic nitrogens is 1. The number of fused-ring (bicyclic) bond motifs is 1. The van der Waals surface area contributed by atoms with E-state index in [1.807, 2.05) is 19.1 Å². The molecule has 0 spiro atoms. The third kappa shape index (κ3) is 3.56. The third-order valence-corrected chi connectivity index (χ3v) is 6.35. The van der Waals surface area contributed by atoms with Gasteiger partial charge in [0.1, 0.15) is 11.4 Å². The zero-order chi connectivity index (χ0) is 21.5. The number of carboxylic acids is 1. The van der Waals surface area contributed by atoms with Crippen molar-refractivity contribution in [3.63, 3.8) is 0 Å². The van der Waals surface area contributed by atoms with E-state index in [1.165, 1.54) is 0 Å². The molecule has 0 amide bonds. The summed E-state index contributed by atoms with van der Waals surface area (Å²) in [7, 11) is 0. The molecule has 158 valence electrons. The van der Waals surface area contributed by atoms with Crippen LogP contribution in [0.1, 0.15) is 54.6 Å². The Bertz CT molecular complexity index is 1100. The van der Waals surface area contributed by atoms with E-state index in [4.69, 9.17) is 5.26 Å². The Labute approximate surface area is 175 Å². The number of rotatable bonds is 7. The van der Waals surface area contributed by atoms with Crippen molar-refractivity contribution in [2.45, 2.75) is 45.6 Å². The summed E-state index contributed by atoms with van der Waals surface area (Å²) >= 11 is 0. The van der Waals surface area contributed by atoms with Gasteiger partial charge >= 0.3 is 5.97 Å². The van der Waals surface area contributed by atoms with Crippen LogP contribution in [-0.4, -0.2) is 41.8 Å². The van der Waals surface area contributed by atoms with Crippen LogP contribution in [-0.2, 0) is 0 Å². The number of para-hydroxylation sites is 1. The lowest BCUT2D eigenvalue weighted by Crippen LogP contribution is -2.37. The van der Waals surface area contributed by atoms with Crippen LogP contribution in [0, 0.1) is 23.7 Å². The highest BCUT2D eigenvalue weighted by Gasteiger charge is 2.39. The van der Waals surface area contributed by atoms with Crippen molar-refractivity contribution in [1.29, 1.82) is 5.26 Å². The van der Waals surface area contributed by atoms with Crippen LogP contribution in [0.25, 0.3) is 10.9 Å². The molecule has 30 heavy (non-hydrogen) atoms. The van der Waals surface area contributed by atoms with E-state index >= 15 is 0 Å². The molecule has 1 aromatic heterocycles. The van der Waals surface area contributed by atoms with Gasteiger partial charge in [-0.3, -0.25) is 4.79 Å². The fourth-order valence-electron chi connectivity index (χ4n) is 4.70. The molecular formula is C23H28N4O3. The van der Waals surface area contributed by atoms with Gasteiger partial charge in [-0.1, -0.05) is 19.1 Å². The molecule has 2 heterocycles. The highest BCUT2D eigenvalue weighted by atomic mass is 16.4. The normalized spacial score (nSPS) is 21.2. The number of anilines is 1. The second-order valence-corrected chi connectivity index (χ2v) is 8.97. The molecule has 1 unspecified atom stereocenters. The standard InChI is InChI=1S/C23H28N4O3/c1-15-5-3-6-17-19(15)27(16-7-8-16)21(18(20(17)28)22(29)30)26-12-9-23(2,14-26)13-25-11-4-10-24/h3,5-6,16,25H,4,7-9,11-14H2,1-2H3,(H,29,30). The first kappa shape index (κ1) is 20.4. The van der Waals surface area contributed by atoms with Crippen molar-refractivity contribution in [2.24, 2.45) is 5.41 Å².